The Kier molecular flexibility index (Phi) is 8.84. The topological polar surface area (TPSA) is 9.86 Å². The lowest BCUT2D eigenvalue weighted by molar-refractivity contribution is 0.611. The van der Waals surface area contributed by atoms with Gasteiger partial charge in [0.15, 0.2) is 0 Å². The molecule has 0 spiro atoms. The van der Waals surface area contributed by atoms with E-state index in [4.69, 9.17) is 0 Å². The lowest BCUT2D eigenvalue weighted by Crippen LogP contribution is -2.26. The highest BCUT2D eigenvalue weighted by Crippen LogP contribution is 2.47. The number of allylic oxidation sites excluding steroid dienone is 2. The third kappa shape index (κ3) is 6.01. The van der Waals surface area contributed by atoms with Gasteiger partial charge in [0.05, 0.1) is 22.0 Å². The molecule has 7 aromatic carbocycles. The van der Waals surface area contributed by atoms with Gasteiger partial charge in [0, 0.05) is 27.5 Å². The molecule has 9 aromatic rings. The number of hydrogen-bond acceptors (Lipinski definition) is 0. The molecular weight excluding hydrogens is 761 g/mol. The molecule has 0 radical (unpaired) electrons. The monoisotopic (exact) mass is 810 g/mol. The number of hydrogen-bond donors (Lipinski definition) is 0. The quantitative estimate of drug-likeness (QED) is 0.142. The second-order valence-electron chi connectivity index (χ2n) is 18.4. The number of aromatic nitrogens is 2. The van der Waals surface area contributed by atoms with Crippen molar-refractivity contribution in [2.45, 2.75) is 64.7 Å². The maximum Gasteiger partial charge on any atom is 0.101 e. The van der Waals surface area contributed by atoms with E-state index in [-0.39, 0.29) is 5.41 Å². The molecule has 0 fully saturated rings. The lowest BCUT2D eigenvalue weighted by atomic mass is 9.74. The summed E-state index contributed by atoms with van der Waals surface area (Å²) in [5.41, 5.74) is 22.0. The summed E-state index contributed by atoms with van der Waals surface area (Å²) in [6.07, 6.45) is 15.8. The van der Waals surface area contributed by atoms with E-state index in [2.05, 4.69) is 212 Å². The maximum atomic E-state index is 3.82. The van der Waals surface area contributed by atoms with Crippen LogP contribution in [0.3, 0.4) is 0 Å². The van der Waals surface area contributed by atoms with E-state index in [1.807, 2.05) is 0 Å². The lowest BCUT2D eigenvalue weighted by Gasteiger charge is -2.29. The Balaban J connectivity index is 0.955. The molecule has 2 atom stereocenters. The molecular formula is C61H50N2. The first kappa shape index (κ1) is 37.7. The molecule has 2 unspecified atom stereocenters. The third-order valence-corrected chi connectivity index (χ3v) is 14.2. The van der Waals surface area contributed by atoms with E-state index in [1.54, 1.807) is 0 Å². The molecule has 63 heavy (non-hydrogen) atoms. The summed E-state index contributed by atoms with van der Waals surface area (Å²) in [5.74, 6) is 8.06. The first-order chi connectivity index (χ1) is 31.0. The van der Waals surface area contributed by atoms with Crippen molar-refractivity contribution in [2.24, 2.45) is 5.92 Å². The molecule has 2 heteroatoms. The summed E-state index contributed by atoms with van der Waals surface area (Å²) in [6, 6.07) is 54.4. The number of fused-ring (bicyclic) bond motifs is 8. The van der Waals surface area contributed by atoms with Gasteiger partial charge in [-0.15, -0.1) is 0 Å². The Morgan fingerprint density at radius 3 is 2.16 bits per heavy atom. The first-order valence-corrected chi connectivity index (χ1v) is 23.0. The van der Waals surface area contributed by atoms with Crippen LogP contribution in [0.2, 0.25) is 0 Å². The van der Waals surface area contributed by atoms with E-state index in [0.29, 0.717) is 5.92 Å². The molecule has 0 aliphatic heterocycles. The molecule has 2 nitrogen and oxygen atoms in total. The van der Waals surface area contributed by atoms with Crippen molar-refractivity contribution < 1.29 is 0 Å². The fourth-order valence-electron chi connectivity index (χ4n) is 11.2. The van der Waals surface area contributed by atoms with Crippen LogP contribution in [0.15, 0.2) is 158 Å². The average molecular weight is 811 g/mol. The molecule has 0 N–H and O–H groups in total. The Labute approximate surface area is 370 Å². The van der Waals surface area contributed by atoms with Crippen molar-refractivity contribution >= 4 is 44.9 Å². The van der Waals surface area contributed by atoms with Crippen LogP contribution in [0.4, 0.5) is 0 Å². The highest BCUT2D eigenvalue weighted by molar-refractivity contribution is 6.09. The third-order valence-electron chi connectivity index (χ3n) is 14.2. The van der Waals surface area contributed by atoms with E-state index in [1.165, 1.54) is 105 Å². The van der Waals surface area contributed by atoms with Gasteiger partial charge in [-0.3, -0.25) is 0 Å². The average Bonchev–Trinajstić information content (AvgIpc) is 3.83. The van der Waals surface area contributed by atoms with Gasteiger partial charge in [0.2, 0.25) is 0 Å². The molecule has 0 saturated heterocycles. The van der Waals surface area contributed by atoms with E-state index in [0.717, 1.165) is 44.2 Å². The van der Waals surface area contributed by atoms with Gasteiger partial charge in [-0.1, -0.05) is 148 Å². The Hall–Kier alpha value is -7.08. The van der Waals surface area contributed by atoms with Crippen molar-refractivity contribution in [3.8, 4) is 45.5 Å². The van der Waals surface area contributed by atoms with Gasteiger partial charge in [0.25, 0.3) is 0 Å². The molecule has 2 heterocycles. The fourth-order valence-corrected chi connectivity index (χ4v) is 11.2. The minimum atomic E-state index is -0.347. The Bertz CT molecular complexity index is 3430. The number of benzene rings is 7. The van der Waals surface area contributed by atoms with Crippen LogP contribution in [0.1, 0.15) is 78.3 Å². The number of nitrogens with zero attached hydrogens (tertiary/aromatic N) is 2. The van der Waals surface area contributed by atoms with E-state index < -0.39 is 0 Å². The zero-order valence-electron chi connectivity index (χ0n) is 36.4. The second-order valence-corrected chi connectivity index (χ2v) is 18.4. The minimum Gasteiger partial charge on any atom is -0.309 e. The van der Waals surface area contributed by atoms with Crippen molar-refractivity contribution in [1.82, 2.24) is 9.13 Å². The highest BCUT2D eigenvalue weighted by Gasteiger charge is 2.33. The number of rotatable bonds is 7. The van der Waals surface area contributed by atoms with Crippen LogP contribution >= 0.6 is 0 Å². The smallest absolute Gasteiger partial charge is 0.101 e. The second kappa shape index (κ2) is 14.8. The van der Waals surface area contributed by atoms with Crippen LogP contribution in [0.25, 0.3) is 78.5 Å². The van der Waals surface area contributed by atoms with Crippen LogP contribution in [0, 0.1) is 17.8 Å². The van der Waals surface area contributed by atoms with Gasteiger partial charge < -0.3 is 9.13 Å². The maximum absolute atomic E-state index is 3.82. The van der Waals surface area contributed by atoms with E-state index >= 15 is 0 Å². The van der Waals surface area contributed by atoms with Crippen molar-refractivity contribution in [2.75, 3.05) is 0 Å². The summed E-state index contributed by atoms with van der Waals surface area (Å²) >= 11 is 0. The molecule has 12 rings (SSSR count). The molecule has 304 valence electrons. The zero-order chi connectivity index (χ0) is 42.2. The molecule has 3 aliphatic carbocycles. The van der Waals surface area contributed by atoms with Gasteiger partial charge >= 0.3 is 0 Å². The Morgan fingerprint density at radius 1 is 0.619 bits per heavy atom. The molecule has 0 amide bonds. The van der Waals surface area contributed by atoms with Crippen molar-refractivity contribution in [1.29, 1.82) is 0 Å². The summed E-state index contributed by atoms with van der Waals surface area (Å²) in [6.45, 7) is 6.94. The van der Waals surface area contributed by atoms with Gasteiger partial charge in [-0.25, -0.2) is 0 Å². The molecule has 0 bridgehead atoms. The number of para-hydroxylation sites is 2. The van der Waals surface area contributed by atoms with Crippen LogP contribution in [-0.4, -0.2) is 9.13 Å². The van der Waals surface area contributed by atoms with E-state index in [9.17, 15) is 0 Å². The minimum absolute atomic E-state index is 0.347. The number of aryl methyl sites for hydroxylation is 1. The highest BCUT2D eigenvalue weighted by atomic mass is 15.0. The summed E-state index contributed by atoms with van der Waals surface area (Å²) in [4.78, 5) is 0. The van der Waals surface area contributed by atoms with Gasteiger partial charge in [0.1, 0.15) is 5.69 Å². The summed E-state index contributed by atoms with van der Waals surface area (Å²) in [5, 5.41) is 3.83. The van der Waals surface area contributed by atoms with Crippen LogP contribution < -0.4 is 0 Å². The van der Waals surface area contributed by atoms with Crippen LogP contribution in [0.5, 0.6) is 0 Å². The predicted octanol–water partition coefficient (Wildman–Crippen LogP) is 15.0. The van der Waals surface area contributed by atoms with Gasteiger partial charge in [-0.2, -0.15) is 0 Å². The normalized spacial score (nSPS) is 17.4. The SMILES string of the molecule is CCCc1cccc(-n2c3c(c4ccccc42)CC(C)(c2ccc4c(c2)c2ccccc2n4-c2ccc(-c4c5c(c(-c6ccccc6)c6c4CC(C)C=C6)CCC=C5)cc2)C#C3)c1. The molecule has 0 saturated carbocycles. The zero-order valence-corrected chi connectivity index (χ0v) is 36.4. The van der Waals surface area contributed by atoms with Crippen LogP contribution in [-0.2, 0) is 31.1 Å². The summed E-state index contributed by atoms with van der Waals surface area (Å²) in [7, 11) is 0. The first-order valence-electron chi connectivity index (χ1n) is 23.0. The molecule has 2 aromatic heterocycles. The predicted molar refractivity (Wildman–Crippen MR) is 266 cm³/mol. The van der Waals surface area contributed by atoms with Crippen molar-refractivity contribution in [3.63, 3.8) is 0 Å². The Morgan fingerprint density at radius 2 is 1.33 bits per heavy atom. The van der Waals surface area contributed by atoms with Crippen molar-refractivity contribution in [3.05, 3.63) is 202 Å². The fraction of sp³-hybridized carbons (Fsp3) is 0.180. The molecule has 3 aliphatic rings. The van der Waals surface area contributed by atoms with Gasteiger partial charge in [-0.05, 0) is 161 Å². The summed E-state index contributed by atoms with van der Waals surface area (Å²) < 4.78 is 4.86. The standard InChI is InChI=1S/C61H50N2/c1-4-15-41-16-14-19-46(37-41)63-56-25-13-11-21-48(56)54-39-61(3,35-34-58(54)63)44-29-33-57-52(38-44)47-20-10-12-24-55(47)62(57)45-30-27-43(28-31-45)60-50-23-9-8-22-49(50)59(42-17-6-5-7-18-42)51-32-26-40(2)36-53(51)60/h5-7,9-14,16-21,23-33,37-38,40H,4,8,15,22,36,39H2,1-3H3. The largest absolute Gasteiger partial charge is 0.309 e.